The van der Waals surface area contributed by atoms with Crippen LogP contribution >= 0.6 is 11.6 Å². The third-order valence-corrected chi connectivity index (χ3v) is 4.55. The van der Waals surface area contributed by atoms with Gasteiger partial charge in [-0.05, 0) is 55.5 Å². The van der Waals surface area contributed by atoms with E-state index in [4.69, 9.17) is 16.3 Å². The largest absolute Gasteiger partial charge is 0.484 e. The molecule has 0 saturated carbocycles. The second-order valence-corrected chi connectivity index (χ2v) is 6.72. The highest BCUT2D eigenvalue weighted by Crippen LogP contribution is 2.17. The number of amides is 1. The van der Waals surface area contributed by atoms with Crippen LogP contribution in [0.25, 0.3) is 0 Å². The van der Waals surface area contributed by atoms with E-state index in [0.29, 0.717) is 34.9 Å². The lowest BCUT2D eigenvalue weighted by Crippen LogP contribution is -2.31. The van der Waals surface area contributed by atoms with Crippen LogP contribution in [0, 0.1) is 0 Å². The lowest BCUT2D eigenvalue weighted by molar-refractivity contribution is -0.123. The molecule has 3 rings (SSSR count). The number of nitrogens with one attached hydrogen (secondary N) is 1. The third kappa shape index (κ3) is 5.65. The van der Waals surface area contributed by atoms with Gasteiger partial charge in [0.05, 0.1) is 0 Å². The first-order valence-electron chi connectivity index (χ1n) is 9.23. The first-order chi connectivity index (χ1) is 14.1. The van der Waals surface area contributed by atoms with Gasteiger partial charge in [0.15, 0.2) is 12.4 Å². The smallest absolute Gasteiger partial charge is 0.257 e. The fourth-order valence-electron chi connectivity index (χ4n) is 2.72. The van der Waals surface area contributed by atoms with Crippen LogP contribution in [-0.4, -0.2) is 39.6 Å². The molecule has 0 unspecified atom stereocenters. The van der Waals surface area contributed by atoms with Crippen molar-refractivity contribution >= 4 is 23.3 Å². The summed E-state index contributed by atoms with van der Waals surface area (Å²) in [5.41, 5.74) is 1.09. The number of hydrogen-bond acceptors (Lipinski definition) is 5. The molecule has 0 bridgehead atoms. The van der Waals surface area contributed by atoms with Crippen molar-refractivity contribution in [2.24, 2.45) is 0 Å². The molecule has 0 aliphatic heterocycles. The van der Waals surface area contributed by atoms with Gasteiger partial charge in [-0.3, -0.25) is 9.59 Å². The molecule has 150 valence electrons. The van der Waals surface area contributed by atoms with Crippen molar-refractivity contribution in [1.29, 1.82) is 0 Å². The molecule has 1 amide bonds. The fraction of sp³-hybridized carbons (Fsp3) is 0.238. The van der Waals surface area contributed by atoms with Gasteiger partial charge in [-0.1, -0.05) is 11.6 Å². The van der Waals surface area contributed by atoms with Crippen molar-refractivity contribution in [2.45, 2.75) is 19.9 Å². The molecule has 0 atom stereocenters. The second-order valence-electron chi connectivity index (χ2n) is 6.28. The van der Waals surface area contributed by atoms with Crippen molar-refractivity contribution in [3.05, 3.63) is 76.8 Å². The Morgan fingerprint density at radius 3 is 2.38 bits per heavy atom. The minimum atomic E-state index is -0.228. The number of carbonyl (C=O) groups is 2. The number of aromatic nitrogens is 3. The van der Waals surface area contributed by atoms with Gasteiger partial charge < -0.3 is 14.6 Å². The normalized spacial score (nSPS) is 10.6. The first-order valence-corrected chi connectivity index (χ1v) is 9.61. The molecule has 1 N–H and O–H groups in total. The number of hydrogen-bond donors (Lipinski definition) is 1. The minimum absolute atomic E-state index is 0.106. The van der Waals surface area contributed by atoms with E-state index >= 15 is 0 Å². The molecule has 29 heavy (non-hydrogen) atoms. The van der Waals surface area contributed by atoms with E-state index in [1.807, 2.05) is 11.5 Å². The lowest BCUT2D eigenvalue weighted by atomic mass is 10.0. The summed E-state index contributed by atoms with van der Waals surface area (Å²) in [5.74, 6) is 1.01. The SMILES string of the molecule is CCn1cnnc1CCNC(=O)COc1ccc(C(=O)c2ccc(Cl)cc2)cc1. The summed E-state index contributed by atoms with van der Waals surface area (Å²) >= 11 is 5.85. The van der Waals surface area contributed by atoms with Crippen molar-refractivity contribution in [1.82, 2.24) is 20.1 Å². The summed E-state index contributed by atoms with van der Waals surface area (Å²) in [7, 11) is 0. The van der Waals surface area contributed by atoms with E-state index < -0.39 is 0 Å². The van der Waals surface area contributed by atoms with Crippen molar-refractivity contribution in [3.63, 3.8) is 0 Å². The maximum absolute atomic E-state index is 12.4. The molecular formula is C21H21ClN4O3. The highest BCUT2D eigenvalue weighted by atomic mass is 35.5. The summed E-state index contributed by atoms with van der Waals surface area (Å²) in [6, 6.07) is 13.4. The maximum Gasteiger partial charge on any atom is 0.257 e. The van der Waals surface area contributed by atoms with Gasteiger partial charge >= 0.3 is 0 Å². The highest BCUT2D eigenvalue weighted by molar-refractivity contribution is 6.30. The summed E-state index contributed by atoms with van der Waals surface area (Å²) < 4.78 is 7.41. The second kappa shape index (κ2) is 9.84. The molecule has 3 aromatic rings. The quantitative estimate of drug-likeness (QED) is 0.546. The Bertz CT molecular complexity index is 968. The van der Waals surface area contributed by atoms with E-state index in [9.17, 15) is 9.59 Å². The molecule has 8 heteroatoms. The number of aryl methyl sites for hydroxylation is 1. The van der Waals surface area contributed by atoms with Crippen molar-refractivity contribution in [2.75, 3.05) is 13.2 Å². The third-order valence-electron chi connectivity index (χ3n) is 4.30. The number of benzene rings is 2. The van der Waals surface area contributed by atoms with E-state index in [1.165, 1.54) is 0 Å². The Morgan fingerprint density at radius 1 is 1.07 bits per heavy atom. The molecule has 0 aliphatic carbocycles. The number of ketones is 1. The van der Waals surface area contributed by atoms with Crippen LogP contribution in [0.15, 0.2) is 54.9 Å². The molecule has 7 nitrogen and oxygen atoms in total. The molecular weight excluding hydrogens is 392 g/mol. The highest BCUT2D eigenvalue weighted by Gasteiger charge is 2.10. The van der Waals surface area contributed by atoms with E-state index in [2.05, 4.69) is 15.5 Å². The van der Waals surface area contributed by atoms with Crippen LogP contribution in [0.3, 0.4) is 0 Å². The molecule has 2 aromatic carbocycles. The maximum atomic E-state index is 12.4. The Hall–Kier alpha value is -3.19. The molecule has 0 fully saturated rings. The van der Waals surface area contributed by atoms with Crippen LogP contribution in [0.1, 0.15) is 28.7 Å². The zero-order chi connectivity index (χ0) is 20.6. The summed E-state index contributed by atoms with van der Waals surface area (Å²) in [4.78, 5) is 24.4. The van der Waals surface area contributed by atoms with Crippen molar-refractivity contribution in [3.8, 4) is 5.75 Å². The van der Waals surface area contributed by atoms with E-state index in [0.717, 1.165) is 12.4 Å². The van der Waals surface area contributed by atoms with Gasteiger partial charge in [0.25, 0.3) is 5.91 Å². The minimum Gasteiger partial charge on any atom is -0.484 e. The Labute approximate surface area is 173 Å². The average molecular weight is 413 g/mol. The fourth-order valence-corrected chi connectivity index (χ4v) is 2.85. The summed E-state index contributed by atoms with van der Waals surface area (Å²) in [5, 5.41) is 11.2. The monoisotopic (exact) mass is 412 g/mol. The number of halogens is 1. The van der Waals surface area contributed by atoms with Crippen LogP contribution in [0.2, 0.25) is 5.02 Å². The topological polar surface area (TPSA) is 86.1 Å². The zero-order valence-corrected chi connectivity index (χ0v) is 16.7. The predicted octanol–water partition coefficient (Wildman–Crippen LogP) is 2.92. The van der Waals surface area contributed by atoms with Crippen molar-refractivity contribution < 1.29 is 14.3 Å². The zero-order valence-electron chi connectivity index (χ0n) is 16.0. The first kappa shape index (κ1) is 20.5. The standard InChI is InChI=1S/C21H21ClN4O3/c1-2-26-14-24-25-19(26)11-12-23-20(27)13-29-18-9-5-16(6-10-18)21(28)15-3-7-17(22)8-4-15/h3-10,14H,2,11-13H2,1H3,(H,23,27). The summed E-state index contributed by atoms with van der Waals surface area (Å²) in [6.45, 7) is 3.14. The van der Waals surface area contributed by atoms with E-state index in [-0.39, 0.29) is 18.3 Å². The van der Waals surface area contributed by atoms with Crippen LogP contribution in [0.4, 0.5) is 0 Å². The molecule has 0 radical (unpaired) electrons. The van der Waals surface area contributed by atoms with Gasteiger partial charge in [0.1, 0.15) is 17.9 Å². The van der Waals surface area contributed by atoms with E-state index in [1.54, 1.807) is 54.9 Å². The van der Waals surface area contributed by atoms with Crippen LogP contribution in [-0.2, 0) is 17.8 Å². The predicted molar refractivity (Wildman–Crippen MR) is 109 cm³/mol. The van der Waals surface area contributed by atoms with Gasteiger partial charge in [-0.15, -0.1) is 10.2 Å². The number of nitrogens with zero attached hydrogens (tertiary/aromatic N) is 3. The van der Waals surface area contributed by atoms with Crippen LogP contribution in [0.5, 0.6) is 5.75 Å². The Kier molecular flexibility index (Phi) is 6.97. The van der Waals surface area contributed by atoms with Gasteiger partial charge in [0, 0.05) is 35.7 Å². The van der Waals surface area contributed by atoms with Gasteiger partial charge in [0.2, 0.25) is 0 Å². The number of rotatable bonds is 9. The molecule has 1 heterocycles. The average Bonchev–Trinajstić information content (AvgIpc) is 3.20. The van der Waals surface area contributed by atoms with Gasteiger partial charge in [-0.2, -0.15) is 0 Å². The molecule has 0 saturated heterocycles. The Morgan fingerprint density at radius 2 is 1.72 bits per heavy atom. The molecule has 1 aromatic heterocycles. The molecule has 0 aliphatic rings. The summed E-state index contributed by atoms with van der Waals surface area (Å²) in [6.07, 6.45) is 2.27. The number of ether oxygens (including phenoxy) is 1. The Balaban J connectivity index is 1.45. The lowest BCUT2D eigenvalue weighted by Gasteiger charge is -2.08. The molecule has 0 spiro atoms. The number of carbonyl (C=O) groups excluding carboxylic acids is 2. The van der Waals surface area contributed by atoms with Crippen LogP contribution < -0.4 is 10.1 Å². The van der Waals surface area contributed by atoms with Gasteiger partial charge in [-0.25, -0.2) is 0 Å².